The lowest BCUT2D eigenvalue weighted by Crippen LogP contribution is -1.97. The van der Waals surface area contributed by atoms with E-state index in [4.69, 9.17) is 0 Å². The Morgan fingerprint density at radius 1 is 1.17 bits per heavy atom. The molecule has 1 aromatic carbocycles. The van der Waals surface area contributed by atoms with Crippen LogP contribution in [0.25, 0.3) is 16.9 Å². The Hall–Kier alpha value is -2.56. The van der Waals surface area contributed by atoms with Gasteiger partial charge in [-0.15, -0.1) is 0 Å². The van der Waals surface area contributed by atoms with Crippen molar-refractivity contribution in [2.24, 2.45) is 5.92 Å². The van der Waals surface area contributed by atoms with Crippen molar-refractivity contribution < 1.29 is 8.78 Å². The maximum Gasteiger partial charge on any atom is 0.159 e. The minimum absolute atomic E-state index is 0.562. The second kappa shape index (κ2) is 5.26. The van der Waals surface area contributed by atoms with Gasteiger partial charge in [0.2, 0.25) is 0 Å². The molecule has 23 heavy (non-hydrogen) atoms. The first-order chi connectivity index (χ1) is 11.1. The zero-order valence-electron chi connectivity index (χ0n) is 12.5. The standard InChI is InChI=1S/C18H15F2N3/c1-11(12-5-6-12)9-17-21-18-4-2-3-16(23(18)22-17)13-7-8-14(19)15(20)10-13/h2-4,7-8,10,12H,1,5-6,9H2. The van der Waals surface area contributed by atoms with Gasteiger partial charge in [-0.1, -0.05) is 18.2 Å². The molecule has 3 aromatic rings. The molecule has 0 unspecified atom stereocenters. The first kappa shape index (κ1) is 14.1. The number of halogens is 2. The highest BCUT2D eigenvalue weighted by atomic mass is 19.2. The van der Waals surface area contributed by atoms with E-state index in [1.807, 2.05) is 18.2 Å². The molecule has 2 aromatic heterocycles. The zero-order valence-corrected chi connectivity index (χ0v) is 12.5. The Kier molecular flexibility index (Phi) is 3.22. The van der Waals surface area contributed by atoms with Crippen LogP contribution >= 0.6 is 0 Å². The fourth-order valence-electron chi connectivity index (χ4n) is 2.74. The third-order valence-electron chi connectivity index (χ3n) is 4.16. The van der Waals surface area contributed by atoms with Gasteiger partial charge in [0, 0.05) is 12.0 Å². The third kappa shape index (κ3) is 2.63. The van der Waals surface area contributed by atoms with Crippen molar-refractivity contribution >= 4 is 5.65 Å². The Labute approximate surface area is 132 Å². The number of allylic oxidation sites excluding steroid dienone is 1. The molecule has 0 saturated heterocycles. The summed E-state index contributed by atoms with van der Waals surface area (Å²) >= 11 is 0. The van der Waals surface area contributed by atoms with Crippen LogP contribution in [0.2, 0.25) is 0 Å². The fourth-order valence-corrected chi connectivity index (χ4v) is 2.74. The first-order valence-corrected chi connectivity index (χ1v) is 7.59. The normalized spacial score (nSPS) is 14.3. The third-order valence-corrected chi connectivity index (χ3v) is 4.16. The Balaban J connectivity index is 1.75. The van der Waals surface area contributed by atoms with E-state index in [1.54, 1.807) is 4.52 Å². The number of benzene rings is 1. The van der Waals surface area contributed by atoms with Crippen molar-refractivity contribution in [3.05, 3.63) is 66.0 Å². The summed E-state index contributed by atoms with van der Waals surface area (Å²) in [5.74, 6) is -0.424. The molecule has 0 atom stereocenters. The largest absolute Gasteiger partial charge is 0.213 e. The molecular formula is C18H15F2N3. The second-order valence-electron chi connectivity index (χ2n) is 5.95. The maximum atomic E-state index is 13.5. The lowest BCUT2D eigenvalue weighted by molar-refractivity contribution is 0.509. The van der Waals surface area contributed by atoms with Gasteiger partial charge >= 0.3 is 0 Å². The topological polar surface area (TPSA) is 30.2 Å². The van der Waals surface area contributed by atoms with E-state index in [9.17, 15) is 8.78 Å². The Bertz CT molecular complexity index is 910. The van der Waals surface area contributed by atoms with Gasteiger partial charge in [0.05, 0.1) is 5.69 Å². The summed E-state index contributed by atoms with van der Waals surface area (Å²) in [7, 11) is 0. The summed E-state index contributed by atoms with van der Waals surface area (Å²) < 4.78 is 28.3. The molecular weight excluding hydrogens is 296 g/mol. The molecule has 0 radical (unpaired) electrons. The van der Waals surface area contributed by atoms with Gasteiger partial charge in [-0.2, -0.15) is 5.10 Å². The maximum absolute atomic E-state index is 13.5. The zero-order chi connectivity index (χ0) is 16.0. The quantitative estimate of drug-likeness (QED) is 0.677. The molecule has 1 aliphatic carbocycles. The van der Waals surface area contributed by atoms with Crippen LogP contribution in [0.4, 0.5) is 8.78 Å². The van der Waals surface area contributed by atoms with Crippen LogP contribution in [-0.4, -0.2) is 14.6 Å². The van der Waals surface area contributed by atoms with E-state index in [0.29, 0.717) is 35.1 Å². The molecule has 1 fully saturated rings. The molecule has 5 heteroatoms. The van der Waals surface area contributed by atoms with Crippen molar-refractivity contribution in [3.63, 3.8) is 0 Å². The summed E-state index contributed by atoms with van der Waals surface area (Å²) in [5.41, 5.74) is 3.09. The predicted octanol–water partition coefficient (Wildman–Crippen LogP) is 4.18. The number of hydrogen-bond donors (Lipinski definition) is 0. The molecule has 0 aliphatic heterocycles. The molecule has 1 aliphatic rings. The molecule has 1 saturated carbocycles. The van der Waals surface area contributed by atoms with Crippen molar-refractivity contribution in [1.82, 2.24) is 14.6 Å². The van der Waals surface area contributed by atoms with E-state index in [-0.39, 0.29) is 0 Å². The summed E-state index contributed by atoms with van der Waals surface area (Å²) in [6, 6.07) is 9.33. The molecule has 116 valence electrons. The predicted molar refractivity (Wildman–Crippen MR) is 83.9 cm³/mol. The average Bonchev–Trinajstić information content (AvgIpc) is 3.30. The van der Waals surface area contributed by atoms with Gasteiger partial charge in [0.15, 0.2) is 23.1 Å². The molecule has 0 spiro atoms. The molecule has 2 heterocycles. The Morgan fingerprint density at radius 3 is 2.74 bits per heavy atom. The minimum atomic E-state index is -0.873. The lowest BCUT2D eigenvalue weighted by atomic mass is 10.1. The number of hydrogen-bond acceptors (Lipinski definition) is 2. The van der Waals surface area contributed by atoms with E-state index in [1.165, 1.54) is 25.0 Å². The average molecular weight is 311 g/mol. The van der Waals surface area contributed by atoms with Crippen molar-refractivity contribution in [2.45, 2.75) is 19.3 Å². The number of nitrogens with zero attached hydrogens (tertiary/aromatic N) is 3. The van der Waals surface area contributed by atoms with Crippen LogP contribution in [0.5, 0.6) is 0 Å². The number of fused-ring (bicyclic) bond motifs is 1. The molecule has 0 amide bonds. The number of rotatable bonds is 4. The van der Waals surface area contributed by atoms with Crippen LogP contribution in [0.3, 0.4) is 0 Å². The molecule has 4 rings (SSSR count). The summed E-state index contributed by atoms with van der Waals surface area (Å²) in [6.45, 7) is 4.10. The SMILES string of the molecule is C=C(Cc1nc2cccc(-c3ccc(F)c(F)c3)n2n1)C1CC1. The molecule has 3 nitrogen and oxygen atoms in total. The summed E-state index contributed by atoms with van der Waals surface area (Å²) in [6.07, 6.45) is 3.06. The van der Waals surface area contributed by atoms with Crippen LogP contribution in [0.1, 0.15) is 18.7 Å². The summed E-state index contributed by atoms with van der Waals surface area (Å²) in [4.78, 5) is 4.51. The van der Waals surface area contributed by atoms with Crippen molar-refractivity contribution in [3.8, 4) is 11.3 Å². The van der Waals surface area contributed by atoms with E-state index < -0.39 is 11.6 Å². The van der Waals surface area contributed by atoms with Crippen LogP contribution < -0.4 is 0 Å². The van der Waals surface area contributed by atoms with Crippen molar-refractivity contribution in [1.29, 1.82) is 0 Å². The number of pyridine rings is 1. The van der Waals surface area contributed by atoms with Crippen LogP contribution in [0.15, 0.2) is 48.6 Å². The highest BCUT2D eigenvalue weighted by Crippen LogP contribution is 2.36. The smallest absolute Gasteiger partial charge is 0.159 e. The van der Waals surface area contributed by atoms with Gasteiger partial charge < -0.3 is 0 Å². The molecule has 0 bridgehead atoms. The van der Waals surface area contributed by atoms with E-state index in [0.717, 1.165) is 11.6 Å². The Morgan fingerprint density at radius 2 is 2.00 bits per heavy atom. The van der Waals surface area contributed by atoms with E-state index in [2.05, 4.69) is 16.7 Å². The van der Waals surface area contributed by atoms with E-state index >= 15 is 0 Å². The minimum Gasteiger partial charge on any atom is -0.213 e. The van der Waals surface area contributed by atoms with Gasteiger partial charge in [-0.05, 0) is 49.1 Å². The van der Waals surface area contributed by atoms with Gasteiger partial charge in [-0.25, -0.2) is 18.3 Å². The van der Waals surface area contributed by atoms with Gasteiger partial charge in [-0.3, -0.25) is 0 Å². The summed E-state index contributed by atoms with van der Waals surface area (Å²) in [5, 5.41) is 4.52. The van der Waals surface area contributed by atoms with Gasteiger partial charge in [0.1, 0.15) is 0 Å². The second-order valence-corrected chi connectivity index (χ2v) is 5.95. The first-order valence-electron chi connectivity index (χ1n) is 7.59. The van der Waals surface area contributed by atoms with Gasteiger partial charge in [0.25, 0.3) is 0 Å². The fraction of sp³-hybridized carbons (Fsp3) is 0.222. The highest BCUT2D eigenvalue weighted by Gasteiger charge is 2.25. The van der Waals surface area contributed by atoms with Crippen LogP contribution in [0, 0.1) is 17.6 Å². The van der Waals surface area contributed by atoms with Crippen LogP contribution in [-0.2, 0) is 6.42 Å². The van der Waals surface area contributed by atoms with Crippen molar-refractivity contribution in [2.75, 3.05) is 0 Å². The number of aromatic nitrogens is 3. The molecule has 0 N–H and O–H groups in total. The highest BCUT2D eigenvalue weighted by molar-refractivity contribution is 5.63. The monoisotopic (exact) mass is 311 g/mol. The lowest BCUT2D eigenvalue weighted by Gasteiger charge is -2.04.